The molecule has 0 unspecified atom stereocenters. The van der Waals surface area contributed by atoms with E-state index in [9.17, 15) is 10.2 Å². The number of hydrogen-bond donors (Lipinski definition) is 2. The summed E-state index contributed by atoms with van der Waals surface area (Å²) in [6.07, 6.45) is 0.754. The van der Waals surface area contributed by atoms with Crippen molar-refractivity contribution in [1.82, 2.24) is 0 Å². The Hall–Kier alpha value is -1.22. The molecule has 0 heterocycles. The monoisotopic (exact) mass is 224 g/mol. The molecule has 0 aromatic heterocycles. The fourth-order valence-electron chi connectivity index (χ4n) is 1.55. The molecule has 0 saturated heterocycles. The maximum absolute atomic E-state index is 9.55. The van der Waals surface area contributed by atoms with Crippen LogP contribution in [0.2, 0.25) is 0 Å². The molecule has 0 radical (unpaired) electrons. The van der Waals surface area contributed by atoms with Crippen molar-refractivity contribution < 1.29 is 14.9 Å². The SMILES string of the molecule is CCOc1cc(CC(C)(C)CO)ccc1O. The summed E-state index contributed by atoms with van der Waals surface area (Å²) >= 11 is 0. The fourth-order valence-corrected chi connectivity index (χ4v) is 1.55. The minimum absolute atomic E-state index is 0.137. The number of hydrogen-bond acceptors (Lipinski definition) is 3. The first-order valence-electron chi connectivity index (χ1n) is 5.54. The third kappa shape index (κ3) is 3.42. The Morgan fingerprint density at radius 1 is 1.31 bits per heavy atom. The maximum Gasteiger partial charge on any atom is 0.161 e. The predicted octanol–water partition coefficient (Wildman–Crippen LogP) is 2.35. The quantitative estimate of drug-likeness (QED) is 0.807. The predicted molar refractivity (Wildman–Crippen MR) is 63.8 cm³/mol. The molecule has 0 aliphatic rings. The first-order chi connectivity index (χ1) is 7.48. The van der Waals surface area contributed by atoms with Crippen LogP contribution in [0.5, 0.6) is 11.5 Å². The molecule has 0 atom stereocenters. The Kier molecular flexibility index (Phi) is 4.19. The van der Waals surface area contributed by atoms with Crippen molar-refractivity contribution in [3.8, 4) is 11.5 Å². The Labute approximate surface area is 96.7 Å². The van der Waals surface area contributed by atoms with E-state index >= 15 is 0 Å². The van der Waals surface area contributed by atoms with Gasteiger partial charge in [-0.1, -0.05) is 19.9 Å². The summed E-state index contributed by atoms with van der Waals surface area (Å²) in [5.74, 6) is 0.668. The molecule has 90 valence electrons. The molecule has 0 spiro atoms. The Morgan fingerprint density at radius 3 is 2.56 bits per heavy atom. The molecule has 2 N–H and O–H groups in total. The Bertz CT molecular complexity index is 345. The van der Waals surface area contributed by atoms with Gasteiger partial charge in [0.15, 0.2) is 11.5 Å². The molecule has 1 rings (SSSR count). The lowest BCUT2D eigenvalue weighted by molar-refractivity contribution is 0.159. The van der Waals surface area contributed by atoms with Crippen LogP contribution in [-0.4, -0.2) is 23.4 Å². The highest BCUT2D eigenvalue weighted by atomic mass is 16.5. The van der Waals surface area contributed by atoms with Gasteiger partial charge in [0.25, 0.3) is 0 Å². The van der Waals surface area contributed by atoms with E-state index in [1.165, 1.54) is 0 Å². The molecule has 3 nitrogen and oxygen atoms in total. The lowest BCUT2D eigenvalue weighted by Gasteiger charge is -2.21. The van der Waals surface area contributed by atoms with Crippen molar-refractivity contribution >= 4 is 0 Å². The van der Waals surface area contributed by atoms with Crippen molar-refractivity contribution in [3.05, 3.63) is 23.8 Å². The number of aliphatic hydroxyl groups is 1. The minimum atomic E-state index is -0.152. The van der Waals surface area contributed by atoms with E-state index < -0.39 is 0 Å². The summed E-state index contributed by atoms with van der Waals surface area (Å²) < 4.78 is 5.31. The number of phenols is 1. The van der Waals surface area contributed by atoms with Gasteiger partial charge in [-0.25, -0.2) is 0 Å². The molecule has 0 fully saturated rings. The molecule has 0 aliphatic heterocycles. The second kappa shape index (κ2) is 5.21. The van der Waals surface area contributed by atoms with Crippen LogP contribution in [0.4, 0.5) is 0 Å². The van der Waals surface area contributed by atoms with Crippen LogP contribution in [0.3, 0.4) is 0 Å². The maximum atomic E-state index is 9.55. The van der Waals surface area contributed by atoms with Gasteiger partial charge >= 0.3 is 0 Å². The number of ether oxygens (including phenoxy) is 1. The topological polar surface area (TPSA) is 49.7 Å². The summed E-state index contributed by atoms with van der Waals surface area (Å²) in [4.78, 5) is 0. The average Bonchev–Trinajstić information content (AvgIpc) is 2.23. The lowest BCUT2D eigenvalue weighted by atomic mass is 9.87. The van der Waals surface area contributed by atoms with E-state index in [1.54, 1.807) is 6.07 Å². The van der Waals surface area contributed by atoms with Gasteiger partial charge in [0.1, 0.15) is 0 Å². The van der Waals surface area contributed by atoms with Crippen molar-refractivity contribution in [2.45, 2.75) is 27.2 Å². The summed E-state index contributed by atoms with van der Waals surface area (Å²) in [5.41, 5.74) is 0.904. The fraction of sp³-hybridized carbons (Fsp3) is 0.538. The normalized spacial score (nSPS) is 11.5. The van der Waals surface area contributed by atoms with E-state index in [-0.39, 0.29) is 17.8 Å². The molecule has 1 aromatic rings. The van der Waals surface area contributed by atoms with Crippen LogP contribution in [0, 0.1) is 5.41 Å². The molecule has 1 aromatic carbocycles. The van der Waals surface area contributed by atoms with E-state index in [0.29, 0.717) is 12.4 Å². The van der Waals surface area contributed by atoms with Crippen LogP contribution in [-0.2, 0) is 6.42 Å². The van der Waals surface area contributed by atoms with E-state index in [4.69, 9.17) is 4.74 Å². The number of phenolic OH excluding ortho intramolecular Hbond substituents is 1. The highest BCUT2D eigenvalue weighted by Crippen LogP contribution is 2.30. The van der Waals surface area contributed by atoms with Crippen molar-refractivity contribution in [1.29, 1.82) is 0 Å². The summed E-state index contributed by atoms with van der Waals surface area (Å²) in [5, 5.41) is 18.7. The van der Waals surface area contributed by atoms with Crippen LogP contribution in [0.1, 0.15) is 26.3 Å². The first kappa shape index (κ1) is 12.8. The Morgan fingerprint density at radius 2 is 2.00 bits per heavy atom. The van der Waals surface area contributed by atoms with E-state index in [1.807, 2.05) is 32.9 Å². The average molecular weight is 224 g/mol. The largest absolute Gasteiger partial charge is 0.504 e. The highest BCUT2D eigenvalue weighted by molar-refractivity contribution is 5.42. The van der Waals surface area contributed by atoms with Gasteiger partial charge in [-0.15, -0.1) is 0 Å². The van der Waals surface area contributed by atoms with Crippen LogP contribution < -0.4 is 4.74 Å². The Balaban J connectivity index is 2.86. The van der Waals surface area contributed by atoms with E-state index in [0.717, 1.165) is 12.0 Å². The van der Waals surface area contributed by atoms with Crippen LogP contribution in [0.25, 0.3) is 0 Å². The zero-order chi connectivity index (χ0) is 12.2. The zero-order valence-corrected chi connectivity index (χ0v) is 10.2. The summed E-state index contributed by atoms with van der Waals surface area (Å²) in [7, 11) is 0. The molecule has 0 saturated carbocycles. The smallest absolute Gasteiger partial charge is 0.161 e. The first-order valence-corrected chi connectivity index (χ1v) is 5.54. The molecule has 16 heavy (non-hydrogen) atoms. The second-order valence-corrected chi connectivity index (χ2v) is 4.73. The van der Waals surface area contributed by atoms with Crippen molar-refractivity contribution in [3.63, 3.8) is 0 Å². The number of aromatic hydroxyl groups is 1. The van der Waals surface area contributed by atoms with Gasteiger partial charge in [-0.05, 0) is 36.5 Å². The van der Waals surface area contributed by atoms with Crippen molar-refractivity contribution in [2.75, 3.05) is 13.2 Å². The van der Waals surface area contributed by atoms with Crippen molar-refractivity contribution in [2.24, 2.45) is 5.41 Å². The molecule has 0 amide bonds. The number of benzene rings is 1. The molecular weight excluding hydrogens is 204 g/mol. The zero-order valence-electron chi connectivity index (χ0n) is 10.2. The van der Waals surface area contributed by atoms with Gasteiger partial charge in [-0.2, -0.15) is 0 Å². The molecular formula is C13H20O3. The lowest BCUT2D eigenvalue weighted by Crippen LogP contribution is -2.19. The van der Waals surface area contributed by atoms with Crippen LogP contribution >= 0.6 is 0 Å². The van der Waals surface area contributed by atoms with Crippen LogP contribution in [0.15, 0.2) is 18.2 Å². The number of aliphatic hydroxyl groups excluding tert-OH is 1. The van der Waals surface area contributed by atoms with Gasteiger partial charge in [0.05, 0.1) is 6.61 Å². The molecule has 0 aliphatic carbocycles. The third-order valence-electron chi connectivity index (χ3n) is 2.43. The molecule has 0 bridgehead atoms. The van der Waals surface area contributed by atoms with Gasteiger partial charge in [-0.3, -0.25) is 0 Å². The van der Waals surface area contributed by atoms with Gasteiger partial charge in [0, 0.05) is 6.61 Å². The molecule has 3 heteroatoms. The third-order valence-corrected chi connectivity index (χ3v) is 2.43. The summed E-state index contributed by atoms with van der Waals surface area (Å²) in [6.45, 7) is 6.54. The standard InChI is InChI=1S/C13H20O3/c1-4-16-12-7-10(5-6-11(12)15)8-13(2,3)9-14/h5-7,14-15H,4,8-9H2,1-3H3. The van der Waals surface area contributed by atoms with Gasteiger partial charge in [0.2, 0.25) is 0 Å². The highest BCUT2D eigenvalue weighted by Gasteiger charge is 2.17. The summed E-state index contributed by atoms with van der Waals surface area (Å²) in [6, 6.07) is 5.32. The van der Waals surface area contributed by atoms with E-state index in [2.05, 4.69) is 0 Å². The van der Waals surface area contributed by atoms with Gasteiger partial charge < -0.3 is 14.9 Å². The number of rotatable bonds is 5. The second-order valence-electron chi connectivity index (χ2n) is 4.73. The minimum Gasteiger partial charge on any atom is -0.504 e.